The molecule has 0 spiro atoms. The number of thioether (sulfide) groups is 1. The van der Waals surface area contributed by atoms with Crippen molar-refractivity contribution in [2.75, 3.05) is 5.75 Å². The highest BCUT2D eigenvalue weighted by molar-refractivity contribution is 8.00. The molecule has 1 aromatic carbocycles. The third-order valence-electron chi connectivity index (χ3n) is 3.72. The summed E-state index contributed by atoms with van der Waals surface area (Å²) < 4.78 is 0. The molecule has 2 unspecified atom stereocenters. The van der Waals surface area contributed by atoms with E-state index in [2.05, 4.69) is 44.7 Å². The van der Waals surface area contributed by atoms with Crippen molar-refractivity contribution in [2.45, 2.75) is 51.3 Å². The molecule has 0 radical (unpaired) electrons. The highest BCUT2D eigenvalue weighted by Crippen LogP contribution is 2.30. The van der Waals surface area contributed by atoms with Gasteiger partial charge >= 0.3 is 0 Å². The molecule has 2 rings (SSSR count). The molecule has 1 heterocycles. The van der Waals surface area contributed by atoms with Gasteiger partial charge in [0.15, 0.2) is 0 Å². The van der Waals surface area contributed by atoms with Gasteiger partial charge in [0.2, 0.25) is 0 Å². The Morgan fingerprint density at radius 3 is 2.47 bits per heavy atom. The maximum absolute atomic E-state index is 6.37. The molecule has 1 aromatic rings. The Labute approximate surface area is 109 Å². The van der Waals surface area contributed by atoms with Gasteiger partial charge in [-0.05, 0) is 62.5 Å². The monoisotopic (exact) mass is 249 g/mol. The summed E-state index contributed by atoms with van der Waals surface area (Å²) in [4.78, 5) is 0. The molecule has 0 saturated carbocycles. The van der Waals surface area contributed by atoms with Crippen LogP contribution in [0.25, 0.3) is 0 Å². The second-order valence-electron chi connectivity index (χ2n) is 5.30. The number of rotatable bonds is 3. The molecule has 2 N–H and O–H groups in total. The zero-order valence-electron chi connectivity index (χ0n) is 11.1. The highest BCUT2D eigenvalue weighted by atomic mass is 32.2. The Kier molecular flexibility index (Phi) is 4.16. The number of benzene rings is 1. The van der Waals surface area contributed by atoms with Crippen molar-refractivity contribution < 1.29 is 0 Å². The van der Waals surface area contributed by atoms with Gasteiger partial charge in [-0.3, -0.25) is 0 Å². The molecule has 0 aliphatic carbocycles. The van der Waals surface area contributed by atoms with E-state index in [0.29, 0.717) is 11.3 Å². The molecular formula is C15H23NS. The normalized spacial score (nSPS) is 21.8. The van der Waals surface area contributed by atoms with Crippen LogP contribution in [0.5, 0.6) is 0 Å². The van der Waals surface area contributed by atoms with Crippen LogP contribution >= 0.6 is 11.8 Å². The lowest BCUT2D eigenvalue weighted by Crippen LogP contribution is -2.33. The summed E-state index contributed by atoms with van der Waals surface area (Å²) in [7, 11) is 0. The first kappa shape index (κ1) is 13.0. The fraction of sp³-hybridized carbons (Fsp3) is 0.600. The van der Waals surface area contributed by atoms with Gasteiger partial charge in [0.05, 0.1) is 0 Å². The van der Waals surface area contributed by atoms with E-state index in [1.54, 1.807) is 0 Å². The Hall–Kier alpha value is -0.470. The molecule has 0 bridgehead atoms. The smallest absolute Gasteiger partial charge is 0.0202 e. The van der Waals surface area contributed by atoms with Gasteiger partial charge < -0.3 is 5.73 Å². The van der Waals surface area contributed by atoms with E-state index in [0.717, 1.165) is 6.42 Å². The number of aryl methyl sites for hydroxylation is 3. The molecule has 2 atom stereocenters. The Balaban J connectivity index is 2.12. The maximum atomic E-state index is 6.37. The molecule has 17 heavy (non-hydrogen) atoms. The van der Waals surface area contributed by atoms with Crippen molar-refractivity contribution in [3.63, 3.8) is 0 Å². The number of hydrogen-bond acceptors (Lipinski definition) is 2. The van der Waals surface area contributed by atoms with Gasteiger partial charge in [0.25, 0.3) is 0 Å². The minimum Gasteiger partial charge on any atom is -0.326 e. The first-order chi connectivity index (χ1) is 8.08. The van der Waals surface area contributed by atoms with Crippen LogP contribution in [0.2, 0.25) is 0 Å². The van der Waals surface area contributed by atoms with Gasteiger partial charge in [0.1, 0.15) is 0 Å². The van der Waals surface area contributed by atoms with Crippen LogP contribution in [0.3, 0.4) is 0 Å². The van der Waals surface area contributed by atoms with Crippen LogP contribution in [0.15, 0.2) is 12.1 Å². The molecule has 1 aliphatic rings. The van der Waals surface area contributed by atoms with Gasteiger partial charge in [-0.25, -0.2) is 0 Å². The standard InChI is InChI=1S/C15H23NS/c1-10-7-11(2)13(12(3)8-10)9-14(16)15-5-4-6-17-15/h7-8,14-15H,4-6,9,16H2,1-3H3. The molecular weight excluding hydrogens is 226 g/mol. The van der Waals surface area contributed by atoms with Crippen LogP contribution in [0.1, 0.15) is 35.1 Å². The number of nitrogens with two attached hydrogens (primary N) is 1. The summed E-state index contributed by atoms with van der Waals surface area (Å²) in [6.45, 7) is 6.59. The zero-order chi connectivity index (χ0) is 12.4. The number of hydrogen-bond donors (Lipinski definition) is 1. The lowest BCUT2D eigenvalue weighted by atomic mass is 9.93. The Bertz CT molecular complexity index is 371. The second kappa shape index (κ2) is 5.45. The Morgan fingerprint density at radius 2 is 1.94 bits per heavy atom. The quantitative estimate of drug-likeness (QED) is 0.889. The van der Waals surface area contributed by atoms with Gasteiger partial charge in [-0.2, -0.15) is 11.8 Å². The topological polar surface area (TPSA) is 26.0 Å². The third-order valence-corrected chi connectivity index (χ3v) is 5.26. The lowest BCUT2D eigenvalue weighted by molar-refractivity contribution is 0.606. The van der Waals surface area contributed by atoms with Crippen molar-refractivity contribution in [3.05, 3.63) is 34.4 Å². The SMILES string of the molecule is Cc1cc(C)c(CC(N)C2CCCS2)c(C)c1. The van der Waals surface area contributed by atoms with E-state index in [1.807, 2.05) is 0 Å². The molecule has 2 heteroatoms. The first-order valence-electron chi connectivity index (χ1n) is 6.52. The molecule has 1 saturated heterocycles. The largest absolute Gasteiger partial charge is 0.326 e. The predicted molar refractivity (Wildman–Crippen MR) is 77.8 cm³/mol. The maximum Gasteiger partial charge on any atom is 0.0202 e. The third kappa shape index (κ3) is 3.05. The van der Waals surface area contributed by atoms with E-state index >= 15 is 0 Å². The minimum atomic E-state index is 0.322. The van der Waals surface area contributed by atoms with Crippen LogP contribution < -0.4 is 5.73 Å². The second-order valence-corrected chi connectivity index (χ2v) is 6.64. The summed E-state index contributed by atoms with van der Waals surface area (Å²) in [5.41, 5.74) is 12.0. The van der Waals surface area contributed by atoms with E-state index in [-0.39, 0.29) is 0 Å². The van der Waals surface area contributed by atoms with Crippen LogP contribution in [-0.4, -0.2) is 17.0 Å². The van der Waals surface area contributed by atoms with Crippen molar-refractivity contribution in [3.8, 4) is 0 Å². The zero-order valence-corrected chi connectivity index (χ0v) is 11.9. The summed E-state index contributed by atoms with van der Waals surface area (Å²) in [5, 5.41) is 0.676. The molecule has 1 aliphatic heterocycles. The fourth-order valence-electron chi connectivity index (χ4n) is 2.84. The molecule has 94 valence electrons. The van der Waals surface area contributed by atoms with E-state index < -0.39 is 0 Å². The van der Waals surface area contributed by atoms with Crippen LogP contribution in [0, 0.1) is 20.8 Å². The molecule has 0 amide bonds. The lowest BCUT2D eigenvalue weighted by Gasteiger charge is -2.21. The van der Waals surface area contributed by atoms with Crippen molar-refractivity contribution >= 4 is 11.8 Å². The van der Waals surface area contributed by atoms with E-state index in [1.165, 1.54) is 40.8 Å². The van der Waals surface area contributed by atoms with Gasteiger partial charge in [0, 0.05) is 11.3 Å². The van der Waals surface area contributed by atoms with E-state index in [9.17, 15) is 0 Å². The Morgan fingerprint density at radius 1 is 1.29 bits per heavy atom. The summed E-state index contributed by atoms with van der Waals surface area (Å²) in [6, 6.07) is 4.87. The first-order valence-corrected chi connectivity index (χ1v) is 7.56. The summed E-state index contributed by atoms with van der Waals surface area (Å²) in [6.07, 6.45) is 3.68. The predicted octanol–water partition coefficient (Wildman–Crippen LogP) is 3.38. The van der Waals surface area contributed by atoms with E-state index in [4.69, 9.17) is 5.73 Å². The fourth-order valence-corrected chi connectivity index (χ4v) is 4.15. The van der Waals surface area contributed by atoms with Gasteiger partial charge in [-0.1, -0.05) is 17.7 Å². The van der Waals surface area contributed by atoms with Gasteiger partial charge in [-0.15, -0.1) is 0 Å². The van der Waals surface area contributed by atoms with Crippen molar-refractivity contribution in [2.24, 2.45) is 5.73 Å². The molecule has 0 aromatic heterocycles. The average Bonchev–Trinajstić information content (AvgIpc) is 2.76. The summed E-state index contributed by atoms with van der Waals surface area (Å²) in [5.74, 6) is 1.30. The summed E-state index contributed by atoms with van der Waals surface area (Å²) >= 11 is 2.06. The average molecular weight is 249 g/mol. The highest BCUT2D eigenvalue weighted by Gasteiger charge is 2.23. The molecule has 1 fully saturated rings. The van der Waals surface area contributed by atoms with Crippen molar-refractivity contribution in [1.82, 2.24) is 0 Å². The van der Waals surface area contributed by atoms with Crippen LogP contribution in [0.4, 0.5) is 0 Å². The molecule has 1 nitrogen and oxygen atoms in total. The van der Waals surface area contributed by atoms with Crippen LogP contribution in [-0.2, 0) is 6.42 Å². The minimum absolute atomic E-state index is 0.322. The van der Waals surface area contributed by atoms with Crippen molar-refractivity contribution in [1.29, 1.82) is 0 Å².